The van der Waals surface area contributed by atoms with Crippen LogP contribution in [0.3, 0.4) is 0 Å². The van der Waals surface area contributed by atoms with Crippen LogP contribution in [0.25, 0.3) is 5.57 Å². The van der Waals surface area contributed by atoms with Crippen molar-refractivity contribution < 1.29 is 0 Å². The van der Waals surface area contributed by atoms with Gasteiger partial charge in [-0.1, -0.05) is 17.7 Å². The Balaban J connectivity index is 1.98. The molecule has 0 saturated carbocycles. The number of halogens is 1. The lowest BCUT2D eigenvalue weighted by atomic mass is 9.97. The van der Waals surface area contributed by atoms with Gasteiger partial charge in [-0.3, -0.25) is 0 Å². The molecule has 1 aliphatic carbocycles. The van der Waals surface area contributed by atoms with E-state index in [4.69, 9.17) is 16.9 Å². The molecule has 1 aromatic rings. The number of allylic oxidation sites excluding steroid dienone is 1. The summed E-state index contributed by atoms with van der Waals surface area (Å²) < 4.78 is 0. The van der Waals surface area contributed by atoms with Gasteiger partial charge in [-0.05, 0) is 42.5 Å². The molecule has 0 bridgehead atoms. The maximum absolute atomic E-state index is 8.96. The van der Waals surface area contributed by atoms with E-state index in [9.17, 15) is 0 Å². The molecule has 3 rings (SSSR count). The average Bonchev–Trinajstić information content (AvgIpc) is 2.92. The molecule has 1 aliphatic heterocycles. The molecule has 0 amide bonds. The molecule has 2 aliphatic rings. The van der Waals surface area contributed by atoms with Crippen molar-refractivity contribution in [2.24, 2.45) is 5.92 Å². The molecule has 17 heavy (non-hydrogen) atoms. The maximum Gasteiger partial charge on any atom is 0.146 e. The zero-order valence-corrected chi connectivity index (χ0v) is 10.0. The summed E-state index contributed by atoms with van der Waals surface area (Å²) in [4.78, 5) is 4.08. The van der Waals surface area contributed by atoms with E-state index in [1.807, 2.05) is 6.07 Å². The molecule has 0 spiro atoms. The number of rotatable bonds is 1. The summed E-state index contributed by atoms with van der Waals surface area (Å²) in [6.45, 7) is 1.08. The van der Waals surface area contributed by atoms with Crippen LogP contribution in [0.4, 0.5) is 0 Å². The fraction of sp³-hybridized carbons (Fsp3) is 0.385. The summed E-state index contributed by atoms with van der Waals surface area (Å²) in [5.41, 5.74) is 2.74. The highest BCUT2D eigenvalue weighted by atomic mass is 35.5. The molecule has 2 heterocycles. The molecule has 4 heteroatoms. The highest BCUT2D eigenvalue weighted by Gasteiger charge is 2.34. The average molecular weight is 246 g/mol. The summed E-state index contributed by atoms with van der Waals surface area (Å²) in [5.74, 6) is 0.714. The second kappa shape index (κ2) is 4.14. The van der Waals surface area contributed by atoms with Gasteiger partial charge in [-0.25, -0.2) is 4.98 Å². The van der Waals surface area contributed by atoms with E-state index in [0.717, 1.165) is 18.5 Å². The normalized spacial score (nSPS) is 26.5. The van der Waals surface area contributed by atoms with Crippen molar-refractivity contribution >= 4 is 17.2 Å². The van der Waals surface area contributed by atoms with E-state index >= 15 is 0 Å². The molecule has 1 fully saturated rings. The lowest BCUT2D eigenvalue weighted by Crippen LogP contribution is -2.24. The number of hydrogen-bond acceptors (Lipinski definition) is 3. The number of nitriles is 1. The topological polar surface area (TPSA) is 48.7 Å². The van der Waals surface area contributed by atoms with Crippen molar-refractivity contribution in [2.45, 2.75) is 18.9 Å². The van der Waals surface area contributed by atoms with Crippen molar-refractivity contribution in [3.63, 3.8) is 0 Å². The molecular formula is C13H12ClN3. The van der Waals surface area contributed by atoms with Crippen LogP contribution in [0.5, 0.6) is 0 Å². The van der Waals surface area contributed by atoms with Crippen molar-refractivity contribution in [1.82, 2.24) is 10.3 Å². The number of hydrogen-bond donors (Lipinski definition) is 1. The third kappa shape index (κ3) is 1.74. The fourth-order valence-electron chi connectivity index (χ4n) is 2.76. The molecular weight excluding hydrogens is 234 g/mol. The standard InChI is InChI=1S/C13H12ClN3/c14-13-9(6-15)5-10(7-17-13)11-2-1-8-3-4-16-12(8)11/h2,5,7-8,12,16H,1,3-4H2/t8-,12+/m1/s1. The quantitative estimate of drug-likeness (QED) is 0.773. The molecule has 2 atom stereocenters. The molecule has 0 unspecified atom stereocenters. The minimum absolute atomic E-state index is 0.283. The number of aromatic nitrogens is 1. The highest BCUT2D eigenvalue weighted by molar-refractivity contribution is 6.30. The van der Waals surface area contributed by atoms with Crippen molar-refractivity contribution in [2.75, 3.05) is 6.54 Å². The first-order valence-corrected chi connectivity index (χ1v) is 6.17. The maximum atomic E-state index is 8.96. The Morgan fingerprint density at radius 2 is 2.41 bits per heavy atom. The van der Waals surface area contributed by atoms with Crippen LogP contribution < -0.4 is 5.32 Å². The number of fused-ring (bicyclic) bond motifs is 1. The Hall–Kier alpha value is -1.37. The number of pyridine rings is 1. The Bertz CT molecular complexity index is 530. The van der Waals surface area contributed by atoms with Gasteiger partial charge in [0.15, 0.2) is 0 Å². The molecule has 1 N–H and O–H groups in total. The Labute approximate surface area is 105 Å². The Morgan fingerprint density at radius 3 is 3.24 bits per heavy atom. The molecule has 3 nitrogen and oxygen atoms in total. The summed E-state index contributed by atoms with van der Waals surface area (Å²) >= 11 is 5.85. The summed E-state index contributed by atoms with van der Waals surface area (Å²) in [6, 6.07) is 4.35. The monoisotopic (exact) mass is 245 g/mol. The second-order valence-corrected chi connectivity index (χ2v) is 4.91. The van der Waals surface area contributed by atoms with Gasteiger partial charge in [-0.15, -0.1) is 0 Å². The predicted molar refractivity (Wildman–Crippen MR) is 66.5 cm³/mol. The van der Waals surface area contributed by atoms with Gasteiger partial charge < -0.3 is 5.32 Å². The van der Waals surface area contributed by atoms with E-state index in [1.54, 1.807) is 6.20 Å². The van der Waals surface area contributed by atoms with Gasteiger partial charge in [0, 0.05) is 12.2 Å². The number of nitrogens with zero attached hydrogens (tertiary/aromatic N) is 2. The summed E-state index contributed by atoms with van der Waals surface area (Å²) in [7, 11) is 0. The van der Waals surface area contributed by atoms with E-state index < -0.39 is 0 Å². The van der Waals surface area contributed by atoms with Crippen molar-refractivity contribution in [3.8, 4) is 6.07 Å². The summed E-state index contributed by atoms with van der Waals surface area (Å²) in [6.07, 6.45) is 6.37. The molecule has 86 valence electrons. The largest absolute Gasteiger partial charge is 0.310 e. The van der Waals surface area contributed by atoms with Gasteiger partial charge in [0.2, 0.25) is 0 Å². The molecule has 1 aromatic heterocycles. The molecule has 1 saturated heterocycles. The highest BCUT2D eigenvalue weighted by Crippen LogP contribution is 2.37. The first-order chi connectivity index (χ1) is 8.29. The smallest absolute Gasteiger partial charge is 0.146 e. The predicted octanol–water partition coefficient (Wildman–Crippen LogP) is 2.37. The lowest BCUT2D eigenvalue weighted by Gasteiger charge is -2.15. The SMILES string of the molecule is N#Cc1cc(C2=CC[C@@H]3CCN[C@H]23)cnc1Cl. The number of nitrogens with one attached hydrogen (secondary N) is 1. The first-order valence-electron chi connectivity index (χ1n) is 5.79. The molecule has 0 radical (unpaired) electrons. The Kier molecular flexibility index (Phi) is 2.62. The third-order valence-corrected chi connectivity index (χ3v) is 3.92. The van der Waals surface area contributed by atoms with Crippen molar-refractivity contribution in [3.05, 3.63) is 34.6 Å². The van der Waals surface area contributed by atoms with Crippen LogP contribution in [0.1, 0.15) is 24.0 Å². The van der Waals surface area contributed by atoms with E-state index in [0.29, 0.717) is 17.5 Å². The van der Waals surface area contributed by atoms with Gasteiger partial charge in [-0.2, -0.15) is 5.26 Å². The third-order valence-electron chi connectivity index (χ3n) is 3.62. The zero-order chi connectivity index (χ0) is 11.8. The van der Waals surface area contributed by atoms with Crippen LogP contribution in [-0.4, -0.2) is 17.6 Å². The van der Waals surface area contributed by atoms with Gasteiger partial charge >= 0.3 is 0 Å². The van der Waals surface area contributed by atoms with Gasteiger partial charge in [0.05, 0.1) is 5.56 Å². The Morgan fingerprint density at radius 1 is 1.53 bits per heavy atom. The zero-order valence-electron chi connectivity index (χ0n) is 9.28. The van der Waals surface area contributed by atoms with Crippen LogP contribution in [0, 0.1) is 17.2 Å². The van der Waals surface area contributed by atoms with E-state index in [-0.39, 0.29) is 5.15 Å². The van der Waals surface area contributed by atoms with Crippen LogP contribution in [0.2, 0.25) is 5.15 Å². The first kappa shape index (κ1) is 10.8. The van der Waals surface area contributed by atoms with E-state index in [1.165, 1.54) is 12.0 Å². The van der Waals surface area contributed by atoms with Gasteiger partial charge in [0.25, 0.3) is 0 Å². The van der Waals surface area contributed by atoms with Crippen LogP contribution in [-0.2, 0) is 0 Å². The minimum atomic E-state index is 0.283. The minimum Gasteiger partial charge on any atom is -0.310 e. The molecule has 0 aromatic carbocycles. The van der Waals surface area contributed by atoms with Crippen LogP contribution in [0.15, 0.2) is 18.3 Å². The van der Waals surface area contributed by atoms with Gasteiger partial charge in [0.1, 0.15) is 11.2 Å². The van der Waals surface area contributed by atoms with Crippen LogP contribution >= 0.6 is 11.6 Å². The van der Waals surface area contributed by atoms with E-state index in [2.05, 4.69) is 22.4 Å². The summed E-state index contributed by atoms with van der Waals surface area (Å²) in [5, 5.41) is 12.8. The van der Waals surface area contributed by atoms with Crippen molar-refractivity contribution in [1.29, 1.82) is 5.26 Å². The second-order valence-electron chi connectivity index (χ2n) is 4.55. The fourth-order valence-corrected chi connectivity index (χ4v) is 2.91. The lowest BCUT2D eigenvalue weighted by molar-refractivity contribution is 0.557.